The van der Waals surface area contributed by atoms with E-state index >= 15 is 0 Å². The molecule has 1 saturated heterocycles. The van der Waals surface area contributed by atoms with Gasteiger partial charge in [-0.3, -0.25) is 9.59 Å². The van der Waals surface area contributed by atoms with Gasteiger partial charge in [-0.1, -0.05) is 0 Å². The molecule has 10 nitrogen and oxygen atoms in total. The highest BCUT2D eigenvalue weighted by Gasteiger charge is 2.28. The molecule has 0 atom stereocenters. The number of rotatable bonds is 7. The highest BCUT2D eigenvalue weighted by Crippen LogP contribution is 2.42. The Morgan fingerprint density at radius 2 is 2.07 bits per heavy atom. The van der Waals surface area contributed by atoms with Gasteiger partial charge < -0.3 is 24.7 Å². The van der Waals surface area contributed by atoms with Gasteiger partial charge in [-0.2, -0.15) is 0 Å². The van der Waals surface area contributed by atoms with Crippen LogP contribution in [0.15, 0.2) is 30.9 Å². The summed E-state index contributed by atoms with van der Waals surface area (Å²) in [4.78, 5) is 37.7. The molecule has 4 heterocycles. The number of carbonyl (C=O) groups excluding carboxylic acids is 2. The standard InChI is InChI=1S/C20H21N7O3/c28-12-24-18-6-17(22-11-23-18)21-7-15-9-26-8-14(13-1-2-13)5-16(20(26)25-15)27-3-4-30-10-19(27)29/h5-6,8-9,11-13H,1-4,7,10H2,(H2,21,22,23,24,28). The quantitative estimate of drug-likeness (QED) is 0.571. The molecule has 2 fully saturated rings. The number of anilines is 3. The van der Waals surface area contributed by atoms with Crippen LogP contribution in [0.4, 0.5) is 17.3 Å². The smallest absolute Gasteiger partial charge is 0.253 e. The van der Waals surface area contributed by atoms with E-state index in [2.05, 4.69) is 32.9 Å². The minimum atomic E-state index is -0.0463. The average Bonchev–Trinajstić information content (AvgIpc) is 3.52. The van der Waals surface area contributed by atoms with Gasteiger partial charge in [0.25, 0.3) is 5.91 Å². The van der Waals surface area contributed by atoms with Crippen molar-refractivity contribution < 1.29 is 14.3 Å². The first-order chi connectivity index (χ1) is 14.7. The van der Waals surface area contributed by atoms with Crippen molar-refractivity contribution >= 4 is 35.3 Å². The highest BCUT2D eigenvalue weighted by molar-refractivity contribution is 5.98. The summed E-state index contributed by atoms with van der Waals surface area (Å²) < 4.78 is 7.29. The van der Waals surface area contributed by atoms with Gasteiger partial charge in [0.2, 0.25) is 6.41 Å². The SMILES string of the molecule is O=CNc1cc(NCc2cn3cc(C4CC4)cc(N4CCOCC4=O)c3n2)ncn1. The molecule has 3 aromatic heterocycles. The molecule has 30 heavy (non-hydrogen) atoms. The summed E-state index contributed by atoms with van der Waals surface area (Å²) in [6, 6.07) is 3.75. The van der Waals surface area contributed by atoms with Crippen molar-refractivity contribution in [2.75, 3.05) is 35.3 Å². The number of morpholine rings is 1. The van der Waals surface area contributed by atoms with Crippen LogP contribution in [0.25, 0.3) is 5.65 Å². The Kier molecular flexibility index (Phi) is 4.75. The fourth-order valence-corrected chi connectivity index (χ4v) is 3.62. The first kappa shape index (κ1) is 18.5. The van der Waals surface area contributed by atoms with Crippen molar-refractivity contribution in [3.63, 3.8) is 0 Å². The molecule has 154 valence electrons. The zero-order valence-electron chi connectivity index (χ0n) is 16.2. The van der Waals surface area contributed by atoms with Crippen molar-refractivity contribution in [3.05, 3.63) is 42.1 Å². The zero-order valence-corrected chi connectivity index (χ0v) is 16.2. The maximum absolute atomic E-state index is 12.4. The monoisotopic (exact) mass is 407 g/mol. The number of nitrogens with one attached hydrogen (secondary N) is 2. The third-order valence-electron chi connectivity index (χ3n) is 5.25. The minimum absolute atomic E-state index is 0.0463. The number of aromatic nitrogens is 4. The number of carbonyl (C=O) groups is 2. The van der Waals surface area contributed by atoms with E-state index in [0.717, 1.165) is 17.0 Å². The van der Waals surface area contributed by atoms with Gasteiger partial charge >= 0.3 is 0 Å². The van der Waals surface area contributed by atoms with Crippen LogP contribution in [0.3, 0.4) is 0 Å². The first-order valence-corrected chi connectivity index (χ1v) is 9.87. The van der Waals surface area contributed by atoms with Crippen molar-refractivity contribution in [2.45, 2.75) is 25.3 Å². The summed E-state index contributed by atoms with van der Waals surface area (Å²) in [5.74, 6) is 1.50. The van der Waals surface area contributed by atoms with Gasteiger partial charge in [0, 0.05) is 25.0 Å². The number of imidazole rings is 1. The molecular formula is C20H21N7O3. The molecular weight excluding hydrogens is 386 g/mol. The fourth-order valence-electron chi connectivity index (χ4n) is 3.62. The molecule has 2 amide bonds. The van der Waals surface area contributed by atoms with Crippen molar-refractivity contribution in [2.24, 2.45) is 0 Å². The van der Waals surface area contributed by atoms with Crippen LogP contribution in [0.2, 0.25) is 0 Å². The summed E-state index contributed by atoms with van der Waals surface area (Å²) in [7, 11) is 0. The van der Waals surface area contributed by atoms with Crippen LogP contribution in [0, 0.1) is 0 Å². The van der Waals surface area contributed by atoms with Crippen LogP contribution < -0.4 is 15.5 Å². The van der Waals surface area contributed by atoms with Gasteiger partial charge in [0.1, 0.15) is 24.6 Å². The summed E-state index contributed by atoms with van der Waals surface area (Å²) in [5, 5.41) is 5.69. The predicted molar refractivity (Wildman–Crippen MR) is 109 cm³/mol. The number of amides is 2. The summed E-state index contributed by atoms with van der Waals surface area (Å²) in [6.07, 6.45) is 8.37. The molecule has 1 aliphatic carbocycles. The van der Waals surface area contributed by atoms with Gasteiger partial charge in [0.15, 0.2) is 5.65 Å². The second-order valence-electron chi connectivity index (χ2n) is 7.40. The van der Waals surface area contributed by atoms with E-state index in [-0.39, 0.29) is 12.5 Å². The third kappa shape index (κ3) is 3.69. The van der Waals surface area contributed by atoms with E-state index in [0.29, 0.717) is 43.7 Å². The Bertz CT molecular complexity index is 1110. The molecule has 10 heteroatoms. The predicted octanol–water partition coefficient (Wildman–Crippen LogP) is 1.55. The third-order valence-corrected chi connectivity index (χ3v) is 5.25. The van der Waals surface area contributed by atoms with E-state index in [1.807, 2.05) is 10.6 Å². The molecule has 1 aliphatic heterocycles. The lowest BCUT2D eigenvalue weighted by atomic mass is 10.1. The van der Waals surface area contributed by atoms with Crippen LogP contribution in [-0.4, -0.2) is 51.4 Å². The second kappa shape index (κ2) is 7.71. The topological polar surface area (TPSA) is 114 Å². The van der Waals surface area contributed by atoms with E-state index in [1.165, 1.54) is 24.7 Å². The lowest BCUT2D eigenvalue weighted by Crippen LogP contribution is -2.42. The Morgan fingerprint density at radius 1 is 1.20 bits per heavy atom. The molecule has 0 unspecified atom stereocenters. The minimum Gasteiger partial charge on any atom is -0.370 e. The molecule has 0 radical (unpaired) electrons. The van der Waals surface area contributed by atoms with Gasteiger partial charge in [-0.15, -0.1) is 0 Å². The number of ether oxygens (including phenoxy) is 1. The van der Waals surface area contributed by atoms with Crippen molar-refractivity contribution in [3.8, 4) is 0 Å². The number of pyridine rings is 1. The maximum atomic E-state index is 12.4. The Balaban J connectivity index is 1.44. The van der Waals surface area contributed by atoms with Crippen LogP contribution >= 0.6 is 0 Å². The summed E-state index contributed by atoms with van der Waals surface area (Å²) in [5.41, 5.74) is 3.62. The first-order valence-electron chi connectivity index (χ1n) is 9.87. The van der Waals surface area contributed by atoms with Crippen LogP contribution in [0.1, 0.15) is 30.0 Å². The Morgan fingerprint density at radius 3 is 2.87 bits per heavy atom. The number of fused-ring (bicyclic) bond motifs is 1. The van der Waals surface area contributed by atoms with Gasteiger partial charge in [0.05, 0.1) is 24.5 Å². The zero-order chi connectivity index (χ0) is 20.5. The van der Waals surface area contributed by atoms with E-state index < -0.39 is 0 Å². The normalized spacial score (nSPS) is 16.7. The van der Waals surface area contributed by atoms with Crippen LogP contribution in [0.5, 0.6) is 0 Å². The number of nitrogens with zero attached hydrogens (tertiary/aromatic N) is 5. The fraction of sp³-hybridized carbons (Fsp3) is 0.350. The summed E-state index contributed by atoms with van der Waals surface area (Å²) in [6.45, 7) is 1.58. The number of hydrogen-bond acceptors (Lipinski definition) is 7. The molecule has 0 bridgehead atoms. The molecule has 3 aromatic rings. The average molecular weight is 407 g/mol. The Labute approximate surface area is 172 Å². The van der Waals surface area contributed by atoms with Gasteiger partial charge in [-0.05, 0) is 30.4 Å². The molecule has 2 aliphatic rings. The molecule has 1 saturated carbocycles. The molecule has 0 spiro atoms. The number of hydrogen-bond donors (Lipinski definition) is 2. The Hall–Kier alpha value is -3.53. The molecule has 0 aromatic carbocycles. The van der Waals surface area contributed by atoms with Crippen molar-refractivity contribution in [1.29, 1.82) is 0 Å². The summed E-state index contributed by atoms with van der Waals surface area (Å²) >= 11 is 0. The van der Waals surface area contributed by atoms with E-state index in [4.69, 9.17) is 9.72 Å². The largest absolute Gasteiger partial charge is 0.370 e. The lowest BCUT2D eigenvalue weighted by molar-refractivity contribution is -0.125. The second-order valence-corrected chi connectivity index (χ2v) is 7.40. The molecule has 2 N–H and O–H groups in total. The van der Waals surface area contributed by atoms with Gasteiger partial charge in [-0.25, -0.2) is 15.0 Å². The van der Waals surface area contributed by atoms with E-state index in [9.17, 15) is 9.59 Å². The van der Waals surface area contributed by atoms with Crippen molar-refractivity contribution in [1.82, 2.24) is 19.4 Å². The van der Waals surface area contributed by atoms with E-state index in [1.54, 1.807) is 11.0 Å². The highest BCUT2D eigenvalue weighted by atomic mass is 16.5. The maximum Gasteiger partial charge on any atom is 0.253 e. The van der Waals surface area contributed by atoms with Crippen LogP contribution in [-0.2, 0) is 20.9 Å². The lowest BCUT2D eigenvalue weighted by Gasteiger charge is -2.27. The molecule has 5 rings (SSSR count).